The number of benzene rings is 2. The maximum Gasteiger partial charge on any atom is 0.255 e. The molecule has 3 rings (SSSR count). The number of carbonyl (C=O) groups excluding carboxylic acids is 1. The van der Waals surface area contributed by atoms with E-state index >= 15 is 0 Å². The lowest BCUT2D eigenvalue weighted by Gasteiger charge is -2.06. The van der Waals surface area contributed by atoms with Gasteiger partial charge in [0, 0.05) is 11.3 Å². The number of nitrogens with zero attached hydrogens (tertiary/aromatic N) is 3. The van der Waals surface area contributed by atoms with Crippen LogP contribution in [0.3, 0.4) is 0 Å². The summed E-state index contributed by atoms with van der Waals surface area (Å²) in [4.78, 5) is 12.2. The second-order valence-corrected chi connectivity index (χ2v) is 5.08. The van der Waals surface area contributed by atoms with Crippen molar-refractivity contribution in [3.63, 3.8) is 0 Å². The monoisotopic (exact) mass is 308 g/mol. The predicted molar refractivity (Wildman–Crippen MR) is 85.9 cm³/mol. The van der Waals surface area contributed by atoms with Gasteiger partial charge in [-0.05, 0) is 29.8 Å². The number of amides is 1. The number of hydrogen-bond acceptors (Lipinski definition) is 4. The molecule has 0 aliphatic carbocycles. The van der Waals surface area contributed by atoms with Gasteiger partial charge in [-0.1, -0.05) is 35.5 Å². The van der Waals surface area contributed by atoms with Crippen molar-refractivity contribution in [3.05, 3.63) is 77.6 Å². The predicted octanol–water partition coefficient (Wildman–Crippen LogP) is 2.07. The van der Waals surface area contributed by atoms with Crippen molar-refractivity contribution in [1.82, 2.24) is 15.0 Å². The van der Waals surface area contributed by atoms with E-state index in [0.29, 0.717) is 17.8 Å². The molecule has 0 atom stereocenters. The Bertz CT molecular complexity index is 782. The van der Waals surface area contributed by atoms with Gasteiger partial charge in [-0.15, -0.1) is 5.10 Å². The van der Waals surface area contributed by atoms with E-state index in [1.54, 1.807) is 23.0 Å². The molecule has 116 valence electrons. The number of hydrogen-bond donors (Lipinski definition) is 2. The molecular formula is C17H16N4O2. The first-order valence-corrected chi connectivity index (χ1v) is 7.20. The molecule has 6 nitrogen and oxygen atoms in total. The fraction of sp³-hybridized carbons (Fsp3) is 0.118. The van der Waals surface area contributed by atoms with Gasteiger partial charge in [0.2, 0.25) is 0 Å². The molecule has 0 bridgehead atoms. The van der Waals surface area contributed by atoms with Gasteiger partial charge in [0.15, 0.2) is 0 Å². The van der Waals surface area contributed by atoms with Crippen molar-refractivity contribution in [2.45, 2.75) is 13.2 Å². The summed E-state index contributed by atoms with van der Waals surface area (Å²) in [5, 5.41) is 19.6. The highest BCUT2D eigenvalue weighted by molar-refractivity contribution is 6.04. The van der Waals surface area contributed by atoms with Gasteiger partial charge in [0.1, 0.15) is 5.69 Å². The Kier molecular flexibility index (Phi) is 4.44. The van der Waals surface area contributed by atoms with Gasteiger partial charge in [0.05, 0.1) is 19.3 Å². The van der Waals surface area contributed by atoms with Gasteiger partial charge in [-0.25, -0.2) is 4.68 Å². The summed E-state index contributed by atoms with van der Waals surface area (Å²) in [7, 11) is 0. The zero-order chi connectivity index (χ0) is 16.1. The largest absolute Gasteiger partial charge is 0.390 e. The first-order chi connectivity index (χ1) is 11.2. The first kappa shape index (κ1) is 14.9. The molecule has 0 aliphatic heterocycles. The zero-order valence-corrected chi connectivity index (χ0v) is 12.4. The minimum Gasteiger partial charge on any atom is -0.390 e. The van der Waals surface area contributed by atoms with Gasteiger partial charge in [0.25, 0.3) is 5.91 Å². The van der Waals surface area contributed by atoms with E-state index in [0.717, 1.165) is 11.3 Å². The molecule has 0 saturated heterocycles. The van der Waals surface area contributed by atoms with E-state index < -0.39 is 0 Å². The average Bonchev–Trinajstić information content (AvgIpc) is 3.04. The number of rotatable bonds is 5. The highest BCUT2D eigenvalue weighted by Crippen LogP contribution is 2.10. The fourth-order valence-corrected chi connectivity index (χ4v) is 2.16. The van der Waals surface area contributed by atoms with Crippen molar-refractivity contribution in [2.24, 2.45) is 0 Å². The third-order valence-corrected chi connectivity index (χ3v) is 3.34. The van der Waals surface area contributed by atoms with Crippen LogP contribution in [-0.4, -0.2) is 26.0 Å². The Morgan fingerprint density at radius 1 is 1.09 bits per heavy atom. The van der Waals surface area contributed by atoms with Crippen LogP contribution in [0.1, 0.15) is 21.6 Å². The Labute approximate surface area is 133 Å². The van der Waals surface area contributed by atoms with Crippen LogP contribution in [0.15, 0.2) is 60.8 Å². The van der Waals surface area contributed by atoms with Crippen LogP contribution in [-0.2, 0) is 13.2 Å². The van der Waals surface area contributed by atoms with Crippen molar-refractivity contribution in [2.75, 3.05) is 5.32 Å². The van der Waals surface area contributed by atoms with Crippen LogP contribution in [0.5, 0.6) is 0 Å². The summed E-state index contributed by atoms with van der Waals surface area (Å²) in [6, 6.07) is 16.6. The van der Waals surface area contributed by atoms with Gasteiger partial charge >= 0.3 is 0 Å². The standard InChI is InChI=1S/C17H16N4O2/c22-12-16-11-21(20-19-16)10-13-6-8-14(9-7-13)17(23)18-15-4-2-1-3-5-15/h1-9,11,22H,10,12H2,(H,18,23). The van der Waals surface area contributed by atoms with Crippen molar-refractivity contribution in [3.8, 4) is 0 Å². The van der Waals surface area contributed by atoms with Gasteiger partial charge in [-0.3, -0.25) is 4.79 Å². The molecule has 0 unspecified atom stereocenters. The smallest absolute Gasteiger partial charge is 0.255 e. The molecule has 1 amide bonds. The van der Waals surface area contributed by atoms with Crippen molar-refractivity contribution in [1.29, 1.82) is 0 Å². The van der Waals surface area contributed by atoms with E-state index in [1.807, 2.05) is 42.5 Å². The Morgan fingerprint density at radius 3 is 2.48 bits per heavy atom. The highest BCUT2D eigenvalue weighted by atomic mass is 16.3. The summed E-state index contributed by atoms with van der Waals surface area (Å²) in [6.07, 6.45) is 1.69. The molecule has 2 aromatic carbocycles. The molecule has 2 N–H and O–H groups in total. The molecule has 23 heavy (non-hydrogen) atoms. The molecule has 0 aliphatic rings. The average molecular weight is 308 g/mol. The molecule has 1 heterocycles. The SMILES string of the molecule is O=C(Nc1ccccc1)c1ccc(Cn2cc(CO)nn2)cc1. The second kappa shape index (κ2) is 6.85. The van der Waals surface area contributed by atoms with Crippen LogP contribution < -0.4 is 5.32 Å². The molecule has 6 heteroatoms. The number of nitrogens with one attached hydrogen (secondary N) is 1. The summed E-state index contributed by atoms with van der Waals surface area (Å²) in [5.74, 6) is -0.147. The lowest BCUT2D eigenvalue weighted by Crippen LogP contribution is -2.11. The molecule has 0 fully saturated rings. The molecule has 3 aromatic rings. The Hall–Kier alpha value is -2.99. The first-order valence-electron chi connectivity index (χ1n) is 7.20. The Morgan fingerprint density at radius 2 is 1.83 bits per heavy atom. The van der Waals surface area contributed by atoms with E-state index in [-0.39, 0.29) is 12.5 Å². The van der Waals surface area contributed by atoms with E-state index in [9.17, 15) is 4.79 Å². The number of anilines is 1. The third kappa shape index (κ3) is 3.81. The van der Waals surface area contributed by atoms with Crippen LogP contribution in [0, 0.1) is 0 Å². The van der Waals surface area contributed by atoms with Crippen LogP contribution in [0.4, 0.5) is 5.69 Å². The molecule has 0 spiro atoms. The maximum atomic E-state index is 12.2. The third-order valence-electron chi connectivity index (χ3n) is 3.34. The van der Waals surface area contributed by atoms with Crippen LogP contribution in [0.2, 0.25) is 0 Å². The summed E-state index contributed by atoms with van der Waals surface area (Å²) in [5.41, 5.74) is 2.88. The quantitative estimate of drug-likeness (QED) is 0.756. The zero-order valence-electron chi connectivity index (χ0n) is 12.4. The minimum absolute atomic E-state index is 0.126. The molecular weight excluding hydrogens is 292 g/mol. The number of para-hydroxylation sites is 1. The summed E-state index contributed by atoms with van der Waals surface area (Å²) in [6.45, 7) is 0.409. The number of aliphatic hydroxyl groups is 1. The van der Waals surface area contributed by atoms with Gasteiger partial charge < -0.3 is 10.4 Å². The lowest BCUT2D eigenvalue weighted by molar-refractivity contribution is 0.102. The topological polar surface area (TPSA) is 80.0 Å². The van der Waals surface area contributed by atoms with Crippen LogP contribution >= 0.6 is 0 Å². The second-order valence-electron chi connectivity index (χ2n) is 5.08. The lowest BCUT2D eigenvalue weighted by atomic mass is 10.1. The minimum atomic E-state index is -0.147. The summed E-state index contributed by atoms with van der Waals surface area (Å²) < 4.78 is 1.64. The fourth-order valence-electron chi connectivity index (χ4n) is 2.16. The Balaban J connectivity index is 1.65. The highest BCUT2D eigenvalue weighted by Gasteiger charge is 2.06. The maximum absolute atomic E-state index is 12.2. The molecule has 0 radical (unpaired) electrons. The molecule has 1 aromatic heterocycles. The normalized spacial score (nSPS) is 10.5. The van der Waals surface area contributed by atoms with E-state index in [2.05, 4.69) is 15.6 Å². The summed E-state index contributed by atoms with van der Waals surface area (Å²) >= 11 is 0. The number of aromatic nitrogens is 3. The number of aliphatic hydroxyl groups excluding tert-OH is 1. The van der Waals surface area contributed by atoms with Gasteiger partial charge in [-0.2, -0.15) is 0 Å². The van der Waals surface area contributed by atoms with E-state index in [4.69, 9.17) is 5.11 Å². The molecule has 0 saturated carbocycles. The van der Waals surface area contributed by atoms with E-state index in [1.165, 1.54) is 0 Å². The van der Waals surface area contributed by atoms with Crippen LogP contribution in [0.25, 0.3) is 0 Å². The van der Waals surface area contributed by atoms with Crippen molar-refractivity contribution < 1.29 is 9.90 Å². The number of carbonyl (C=O) groups is 1. The van der Waals surface area contributed by atoms with Crippen molar-refractivity contribution >= 4 is 11.6 Å².